The van der Waals surface area contributed by atoms with Crippen molar-refractivity contribution >= 4 is 35.8 Å². The number of benzene rings is 1. The molecule has 7 nitrogen and oxygen atoms in total. The highest BCUT2D eigenvalue weighted by molar-refractivity contribution is 6.03. The van der Waals surface area contributed by atoms with E-state index >= 15 is 0 Å². The van der Waals surface area contributed by atoms with Gasteiger partial charge in [-0.3, -0.25) is 14.4 Å². The summed E-state index contributed by atoms with van der Waals surface area (Å²) in [4.78, 5) is 35.6. The van der Waals surface area contributed by atoms with Crippen molar-refractivity contribution < 1.29 is 14.4 Å². The van der Waals surface area contributed by atoms with Crippen LogP contribution in [-0.2, 0) is 9.59 Å². The van der Waals surface area contributed by atoms with Gasteiger partial charge in [0.25, 0.3) is 5.91 Å². The highest BCUT2D eigenvalue weighted by Gasteiger charge is 2.12. The van der Waals surface area contributed by atoms with Crippen LogP contribution in [0.1, 0.15) is 37.0 Å². The lowest BCUT2D eigenvalue weighted by Gasteiger charge is -2.11. The molecule has 0 saturated carbocycles. The molecule has 1 rings (SSSR count). The second-order valence-corrected chi connectivity index (χ2v) is 5.84. The first kappa shape index (κ1) is 22.9. The van der Waals surface area contributed by atoms with Crippen molar-refractivity contribution in [1.29, 1.82) is 0 Å². The van der Waals surface area contributed by atoms with E-state index in [1.54, 1.807) is 24.3 Å². The topological polar surface area (TPSA) is 113 Å². The van der Waals surface area contributed by atoms with Crippen LogP contribution >= 0.6 is 12.4 Å². The molecule has 3 amide bonds. The summed E-state index contributed by atoms with van der Waals surface area (Å²) >= 11 is 0. The van der Waals surface area contributed by atoms with Crippen molar-refractivity contribution in [3.8, 4) is 0 Å². The van der Waals surface area contributed by atoms with E-state index in [9.17, 15) is 14.4 Å². The Balaban J connectivity index is 0.00000576. The summed E-state index contributed by atoms with van der Waals surface area (Å²) in [6.45, 7) is 4.89. The van der Waals surface area contributed by atoms with Crippen LogP contribution in [0.5, 0.6) is 0 Å². The molecule has 0 bridgehead atoms. The Morgan fingerprint density at radius 2 is 1.72 bits per heavy atom. The number of anilines is 1. The van der Waals surface area contributed by atoms with Gasteiger partial charge in [0, 0.05) is 32.5 Å². The van der Waals surface area contributed by atoms with Gasteiger partial charge in [-0.1, -0.05) is 26.0 Å². The maximum absolute atomic E-state index is 12.0. The van der Waals surface area contributed by atoms with E-state index in [1.165, 1.54) is 0 Å². The summed E-state index contributed by atoms with van der Waals surface area (Å²) in [7, 11) is 0. The summed E-state index contributed by atoms with van der Waals surface area (Å²) in [5.74, 6) is -0.349. The molecule has 140 valence electrons. The first-order chi connectivity index (χ1) is 11.4. The van der Waals surface area contributed by atoms with E-state index in [0.29, 0.717) is 30.8 Å². The largest absolute Gasteiger partial charge is 0.356 e. The number of para-hydroxylation sites is 1. The minimum Gasteiger partial charge on any atom is -0.356 e. The van der Waals surface area contributed by atoms with Crippen LogP contribution in [-0.4, -0.2) is 37.4 Å². The first-order valence-electron chi connectivity index (χ1n) is 8.08. The molecule has 1 aromatic rings. The fraction of sp³-hybridized carbons (Fsp3) is 0.471. The highest BCUT2D eigenvalue weighted by Crippen LogP contribution is 2.15. The normalized spacial score (nSPS) is 9.92. The number of amides is 3. The van der Waals surface area contributed by atoms with Crippen LogP contribution < -0.4 is 21.7 Å². The van der Waals surface area contributed by atoms with Gasteiger partial charge in [0.2, 0.25) is 11.8 Å². The molecule has 0 spiro atoms. The molecule has 0 heterocycles. The smallest absolute Gasteiger partial charge is 0.253 e. The molecular weight excluding hydrogens is 344 g/mol. The minimum atomic E-state index is -0.290. The lowest BCUT2D eigenvalue weighted by Crippen LogP contribution is -2.30. The molecule has 0 aliphatic rings. The second-order valence-electron chi connectivity index (χ2n) is 5.84. The Kier molecular flexibility index (Phi) is 11.2. The molecule has 25 heavy (non-hydrogen) atoms. The summed E-state index contributed by atoms with van der Waals surface area (Å²) < 4.78 is 0. The molecular formula is C17H27ClN4O3. The number of nitrogens with two attached hydrogens (primary N) is 1. The monoisotopic (exact) mass is 370 g/mol. The van der Waals surface area contributed by atoms with Gasteiger partial charge in [-0.15, -0.1) is 12.4 Å². The first-order valence-corrected chi connectivity index (χ1v) is 8.08. The number of rotatable bonds is 9. The molecule has 0 aliphatic heterocycles. The van der Waals surface area contributed by atoms with Crippen molar-refractivity contribution in [2.24, 2.45) is 11.7 Å². The lowest BCUT2D eigenvalue weighted by atomic mass is 10.1. The third-order valence-electron chi connectivity index (χ3n) is 3.14. The van der Waals surface area contributed by atoms with Crippen molar-refractivity contribution in [3.63, 3.8) is 0 Å². The van der Waals surface area contributed by atoms with Gasteiger partial charge >= 0.3 is 0 Å². The molecule has 5 N–H and O–H groups in total. The SMILES string of the molecule is CC(C)CC(=O)NCCC(=O)Nc1ccccc1C(=O)NCCN.Cl. The summed E-state index contributed by atoms with van der Waals surface area (Å²) in [5, 5.41) is 8.07. The molecule has 0 unspecified atom stereocenters. The van der Waals surface area contributed by atoms with Gasteiger partial charge in [0.05, 0.1) is 11.3 Å². The molecule has 1 aromatic carbocycles. The number of hydrogen-bond donors (Lipinski definition) is 4. The van der Waals surface area contributed by atoms with Crippen LogP contribution in [0.25, 0.3) is 0 Å². The van der Waals surface area contributed by atoms with Gasteiger partial charge in [0.1, 0.15) is 0 Å². The third-order valence-corrected chi connectivity index (χ3v) is 3.14. The Morgan fingerprint density at radius 1 is 1.04 bits per heavy atom. The van der Waals surface area contributed by atoms with Crippen LogP contribution in [0, 0.1) is 5.92 Å². The van der Waals surface area contributed by atoms with E-state index in [-0.39, 0.29) is 49.0 Å². The molecule has 0 fully saturated rings. The van der Waals surface area contributed by atoms with Crippen molar-refractivity contribution in [2.75, 3.05) is 25.0 Å². The molecule has 8 heteroatoms. The highest BCUT2D eigenvalue weighted by atomic mass is 35.5. The number of carbonyl (C=O) groups excluding carboxylic acids is 3. The molecule has 0 aromatic heterocycles. The number of carbonyl (C=O) groups is 3. The molecule has 0 aliphatic carbocycles. The van der Waals surface area contributed by atoms with E-state index in [4.69, 9.17) is 5.73 Å². The maximum Gasteiger partial charge on any atom is 0.253 e. The summed E-state index contributed by atoms with van der Waals surface area (Å²) in [5.41, 5.74) is 6.18. The Labute approximate surface area is 154 Å². The van der Waals surface area contributed by atoms with Crippen LogP contribution in [0.2, 0.25) is 0 Å². The molecule has 0 atom stereocenters. The Hall–Kier alpha value is -2.12. The predicted octanol–water partition coefficient (Wildman–Crippen LogP) is 1.29. The molecule has 0 radical (unpaired) electrons. The summed E-state index contributed by atoms with van der Waals surface area (Å²) in [6.07, 6.45) is 0.578. The van der Waals surface area contributed by atoms with Crippen molar-refractivity contribution in [2.45, 2.75) is 26.7 Å². The summed E-state index contributed by atoms with van der Waals surface area (Å²) in [6, 6.07) is 6.75. The second kappa shape index (κ2) is 12.3. The fourth-order valence-corrected chi connectivity index (χ4v) is 2.04. The Bertz CT molecular complexity index is 579. The average molecular weight is 371 g/mol. The zero-order valence-electron chi connectivity index (χ0n) is 14.6. The van der Waals surface area contributed by atoms with E-state index in [0.717, 1.165) is 0 Å². The fourth-order valence-electron chi connectivity index (χ4n) is 2.04. The standard InChI is InChI=1S/C17H26N4O3.ClH/c1-12(2)11-16(23)19-9-7-15(22)21-14-6-4-3-5-13(14)17(24)20-10-8-18;/h3-6,12H,7-11,18H2,1-2H3,(H,19,23)(H,20,24)(H,21,22);1H. The number of nitrogens with one attached hydrogen (secondary N) is 3. The van der Waals surface area contributed by atoms with Crippen molar-refractivity contribution in [1.82, 2.24) is 10.6 Å². The van der Waals surface area contributed by atoms with Crippen LogP contribution in [0.4, 0.5) is 5.69 Å². The van der Waals surface area contributed by atoms with Gasteiger partial charge in [-0.25, -0.2) is 0 Å². The average Bonchev–Trinajstić information content (AvgIpc) is 2.52. The lowest BCUT2D eigenvalue weighted by molar-refractivity contribution is -0.122. The van der Waals surface area contributed by atoms with E-state index < -0.39 is 0 Å². The van der Waals surface area contributed by atoms with Gasteiger partial charge in [0.15, 0.2) is 0 Å². The predicted molar refractivity (Wildman–Crippen MR) is 101 cm³/mol. The minimum absolute atomic E-state index is 0. The Morgan fingerprint density at radius 3 is 2.36 bits per heavy atom. The van der Waals surface area contributed by atoms with E-state index in [2.05, 4.69) is 16.0 Å². The number of halogens is 1. The van der Waals surface area contributed by atoms with Crippen molar-refractivity contribution in [3.05, 3.63) is 29.8 Å². The van der Waals surface area contributed by atoms with Gasteiger partial charge in [-0.2, -0.15) is 0 Å². The van der Waals surface area contributed by atoms with Crippen LogP contribution in [0.15, 0.2) is 24.3 Å². The van der Waals surface area contributed by atoms with E-state index in [1.807, 2.05) is 13.8 Å². The quantitative estimate of drug-likeness (QED) is 0.524. The third kappa shape index (κ3) is 9.07. The number of hydrogen-bond acceptors (Lipinski definition) is 4. The zero-order valence-corrected chi connectivity index (χ0v) is 15.4. The maximum atomic E-state index is 12.0. The zero-order chi connectivity index (χ0) is 17.9. The van der Waals surface area contributed by atoms with Gasteiger partial charge < -0.3 is 21.7 Å². The van der Waals surface area contributed by atoms with Gasteiger partial charge in [-0.05, 0) is 18.1 Å². The van der Waals surface area contributed by atoms with Crippen LogP contribution in [0.3, 0.4) is 0 Å². The molecule has 0 saturated heterocycles.